The van der Waals surface area contributed by atoms with Crippen LogP contribution in [-0.2, 0) is 19.3 Å². The molecule has 0 heterocycles. The van der Waals surface area contributed by atoms with Crippen molar-refractivity contribution >= 4 is 24.0 Å². The number of benzene rings is 2. The second-order valence-corrected chi connectivity index (χ2v) is 7.10. The summed E-state index contributed by atoms with van der Waals surface area (Å²) < 4.78 is 0. The highest BCUT2D eigenvalue weighted by atomic mass is 32.1. The van der Waals surface area contributed by atoms with Crippen molar-refractivity contribution in [1.29, 1.82) is 0 Å². The quantitative estimate of drug-likeness (QED) is 0.519. The Kier molecular flexibility index (Phi) is 7.16. The minimum Gasteiger partial charge on any atom is -0.305 e. The minimum absolute atomic E-state index is 0.728. The molecule has 0 unspecified atom stereocenters. The molecule has 0 aliphatic carbocycles. The fourth-order valence-corrected chi connectivity index (χ4v) is 3.65. The molecule has 2 aromatic rings. The van der Waals surface area contributed by atoms with Gasteiger partial charge in [-0.2, -0.15) is 0 Å². The molecule has 0 bridgehead atoms. The van der Waals surface area contributed by atoms with E-state index in [2.05, 4.69) is 101 Å². The topological polar surface area (TPSA) is 3.24 Å². The van der Waals surface area contributed by atoms with E-state index in [1.807, 2.05) is 0 Å². The molecule has 0 aromatic heterocycles. The second kappa shape index (κ2) is 9.14. The molecule has 0 saturated carbocycles. The number of anilines is 1. The summed E-state index contributed by atoms with van der Waals surface area (Å²) in [5.41, 5.74) is 8.88. The van der Waals surface area contributed by atoms with E-state index < -0.39 is 0 Å². The fourth-order valence-electron chi connectivity index (χ4n) is 3.42. The summed E-state index contributed by atoms with van der Waals surface area (Å²) in [5, 5.41) is 0.728. The van der Waals surface area contributed by atoms with Crippen molar-refractivity contribution in [3.8, 4) is 0 Å². The molecule has 0 fully saturated rings. The van der Waals surface area contributed by atoms with Crippen LogP contribution in [0.25, 0.3) is 5.70 Å². The van der Waals surface area contributed by atoms with Crippen molar-refractivity contribution in [2.24, 2.45) is 0 Å². The van der Waals surface area contributed by atoms with Crippen molar-refractivity contribution in [2.75, 3.05) is 4.90 Å². The Morgan fingerprint density at radius 1 is 1.00 bits per heavy atom. The minimum atomic E-state index is 0.728. The number of nitrogens with zero attached hydrogens (tertiary/aromatic N) is 1. The maximum Gasteiger partial charge on any atom is 0.0694 e. The van der Waals surface area contributed by atoms with E-state index in [0.717, 1.165) is 35.7 Å². The first-order valence-electron chi connectivity index (χ1n) is 9.52. The third-order valence-corrected chi connectivity index (χ3v) is 5.17. The molecule has 2 heteroatoms. The maximum atomic E-state index is 4.63. The first-order chi connectivity index (χ1) is 12.5. The SMILES string of the molecule is C=C(S)N(/C(=C\C)c1cc(CC)ccc1C)c1ccc(CC)c(CC)c1. The van der Waals surface area contributed by atoms with E-state index >= 15 is 0 Å². The number of aryl methyl sites for hydroxylation is 4. The Hall–Kier alpha value is -1.93. The highest BCUT2D eigenvalue weighted by molar-refractivity contribution is 7.84. The van der Waals surface area contributed by atoms with Crippen LogP contribution in [0.2, 0.25) is 0 Å². The van der Waals surface area contributed by atoms with Gasteiger partial charge in [0.1, 0.15) is 0 Å². The predicted octanol–water partition coefficient (Wildman–Crippen LogP) is 6.95. The van der Waals surface area contributed by atoms with Gasteiger partial charge in [0.2, 0.25) is 0 Å². The normalized spacial score (nSPS) is 11.5. The van der Waals surface area contributed by atoms with Crippen LogP contribution < -0.4 is 4.90 Å². The van der Waals surface area contributed by atoms with Crippen molar-refractivity contribution < 1.29 is 0 Å². The van der Waals surface area contributed by atoms with Gasteiger partial charge >= 0.3 is 0 Å². The van der Waals surface area contributed by atoms with Crippen LogP contribution in [-0.4, -0.2) is 0 Å². The average Bonchev–Trinajstić information content (AvgIpc) is 2.65. The Morgan fingerprint density at radius 3 is 2.23 bits per heavy atom. The molecule has 2 aromatic carbocycles. The van der Waals surface area contributed by atoms with Crippen molar-refractivity contribution in [3.63, 3.8) is 0 Å². The van der Waals surface area contributed by atoms with Crippen molar-refractivity contribution in [2.45, 2.75) is 53.9 Å². The van der Waals surface area contributed by atoms with Gasteiger partial charge in [-0.05, 0) is 73.6 Å². The lowest BCUT2D eigenvalue weighted by molar-refractivity contribution is 1.03. The van der Waals surface area contributed by atoms with Gasteiger partial charge in [-0.3, -0.25) is 0 Å². The van der Waals surface area contributed by atoms with Gasteiger partial charge in [-0.25, -0.2) is 0 Å². The molecule has 0 N–H and O–H groups in total. The molecule has 0 spiro atoms. The van der Waals surface area contributed by atoms with E-state index in [1.54, 1.807) is 0 Å². The molecule has 138 valence electrons. The van der Waals surface area contributed by atoms with E-state index in [9.17, 15) is 0 Å². The molecule has 0 amide bonds. The summed E-state index contributed by atoms with van der Waals surface area (Å²) in [6.07, 6.45) is 5.26. The largest absolute Gasteiger partial charge is 0.305 e. The average molecular weight is 366 g/mol. The van der Waals surface area contributed by atoms with E-state index in [4.69, 9.17) is 0 Å². The molecule has 1 nitrogen and oxygen atoms in total. The third kappa shape index (κ3) is 4.24. The number of hydrogen-bond acceptors (Lipinski definition) is 2. The van der Waals surface area contributed by atoms with Crippen LogP contribution in [0.15, 0.2) is 54.1 Å². The van der Waals surface area contributed by atoms with Crippen molar-refractivity contribution in [1.82, 2.24) is 0 Å². The smallest absolute Gasteiger partial charge is 0.0694 e. The van der Waals surface area contributed by atoms with Crippen molar-refractivity contribution in [3.05, 3.63) is 81.9 Å². The molecule has 0 aliphatic heterocycles. The fraction of sp³-hybridized carbons (Fsp3) is 0.333. The van der Waals surface area contributed by atoms with Gasteiger partial charge in [0.25, 0.3) is 0 Å². The summed E-state index contributed by atoms with van der Waals surface area (Å²) in [7, 11) is 0. The molecule has 0 atom stereocenters. The highest BCUT2D eigenvalue weighted by Gasteiger charge is 2.18. The lowest BCUT2D eigenvalue weighted by Crippen LogP contribution is -2.19. The molecule has 0 aliphatic rings. The lowest BCUT2D eigenvalue weighted by atomic mass is 9.98. The first kappa shape index (κ1) is 20.4. The number of rotatable bonds is 7. The monoisotopic (exact) mass is 365 g/mol. The standard InChI is InChI=1S/C24H31NS/c1-7-19-12-11-17(5)23(15-19)24(10-4)25(18(6)26)22-14-13-20(8-2)21(9-3)16-22/h10-16,26H,6-9H2,1-5H3/b24-10-. The van der Waals surface area contributed by atoms with Gasteiger partial charge in [0, 0.05) is 16.9 Å². The Balaban J connectivity index is 2.60. The Labute approximate surface area is 164 Å². The van der Waals surface area contributed by atoms with Crippen LogP contribution in [0.4, 0.5) is 5.69 Å². The summed E-state index contributed by atoms with van der Waals surface area (Å²) in [5.74, 6) is 0. The predicted molar refractivity (Wildman–Crippen MR) is 120 cm³/mol. The maximum absolute atomic E-state index is 4.63. The van der Waals surface area contributed by atoms with Crippen LogP contribution in [0.5, 0.6) is 0 Å². The van der Waals surface area contributed by atoms with Crippen LogP contribution in [0.1, 0.15) is 55.5 Å². The van der Waals surface area contributed by atoms with E-state index in [0.29, 0.717) is 0 Å². The molecular weight excluding hydrogens is 334 g/mol. The summed E-state index contributed by atoms with van der Waals surface area (Å²) in [4.78, 5) is 2.16. The van der Waals surface area contributed by atoms with Gasteiger partial charge in [0.15, 0.2) is 0 Å². The van der Waals surface area contributed by atoms with E-state index in [1.165, 1.54) is 27.8 Å². The summed E-state index contributed by atoms with van der Waals surface area (Å²) in [6.45, 7) is 15.0. The van der Waals surface area contributed by atoms with E-state index in [-0.39, 0.29) is 0 Å². The van der Waals surface area contributed by atoms with Gasteiger partial charge in [0.05, 0.1) is 5.03 Å². The molecule has 0 radical (unpaired) electrons. The zero-order valence-electron chi connectivity index (χ0n) is 16.8. The molecule has 0 saturated heterocycles. The second-order valence-electron chi connectivity index (χ2n) is 6.59. The van der Waals surface area contributed by atoms with Crippen LogP contribution in [0, 0.1) is 6.92 Å². The van der Waals surface area contributed by atoms with Gasteiger partial charge in [-0.15, -0.1) is 12.6 Å². The summed E-state index contributed by atoms with van der Waals surface area (Å²) >= 11 is 4.63. The first-order valence-corrected chi connectivity index (χ1v) is 9.97. The highest BCUT2D eigenvalue weighted by Crippen LogP contribution is 2.34. The molecular formula is C24H31NS. The molecule has 2 rings (SSSR count). The zero-order valence-corrected chi connectivity index (χ0v) is 17.7. The Morgan fingerprint density at radius 2 is 1.69 bits per heavy atom. The van der Waals surface area contributed by atoms with Gasteiger partial charge in [-0.1, -0.05) is 51.6 Å². The summed E-state index contributed by atoms with van der Waals surface area (Å²) in [6, 6.07) is 13.4. The Bertz CT molecular complexity index is 817. The number of allylic oxidation sites excluding steroid dienone is 1. The van der Waals surface area contributed by atoms with Gasteiger partial charge < -0.3 is 4.90 Å². The zero-order chi connectivity index (χ0) is 19.3. The lowest BCUT2D eigenvalue weighted by Gasteiger charge is -2.29. The number of hydrogen-bond donors (Lipinski definition) is 1. The van der Waals surface area contributed by atoms with Crippen LogP contribution in [0.3, 0.4) is 0 Å². The van der Waals surface area contributed by atoms with Crippen LogP contribution >= 0.6 is 12.6 Å². The number of thiol groups is 1. The molecule has 26 heavy (non-hydrogen) atoms. The third-order valence-electron chi connectivity index (χ3n) is 4.97.